The van der Waals surface area contributed by atoms with Crippen LogP contribution < -0.4 is 0 Å². The number of rotatable bonds is 13. The van der Waals surface area contributed by atoms with Crippen molar-refractivity contribution < 1.29 is 14.3 Å². The number of hydroxylamine groups is 3. The molecule has 0 saturated carbocycles. The number of hydrogen-bond donors (Lipinski definition) is 0. The third kappa shape index (κ3) is 7.00. The van der Waals surface area contributed by atoms with Gasteiger partial charge in [-0.15, -0.1) is 4.65 Å². The molecule has 0 aromatic rings. The molecule has 1 aliphatic heterocycles. The van der Waals surface area contributed by atoms with Gasteiger partial charge in [-0.25, -0.2) is 4.79 Å². The lowest BCUT2D eigenvalue weighted by atomic mass is 10.1. The van der Waals surface area contributed by atoms with Gasteiger partial charge < -0.3 is 0 Å². The number of carbonyl (C=O) groups excluding carboxylic acids is 1. The highest BCUT2D eigenvalue weighted by Gasteiger charge is 2.45. The second-order valence-corrected chi connectivity index (χ2v) is 5.61. The minimum Gasteiger partial charge on any atom is -0.280 e. The van der Waals surface area contributed by atoms with Crippen molar-refractivity contribution in [1.82, 2.24) is 0 Å². The van der Waals surface area contributed by atoms with Gasteiger partial charge in [0.15, 0.2) is 13.1 Å². The maximum absolute atomic E-state index is 10.3. The maximum Gasteiger partial charge on any atom is 0.355 e. The van der Waals surface area contributed by atoms with E-state index in [1.54, 1.807) is 0 Å². The molecular formula is C15H30NO2+. The van der Waals surface area contributed by atoms with Gasteiger partial charge in [0, 0.05) is 6.42 Å². The minimum absolute atomic E-state index is 0.598. The molecule has 1 heterocycles. The van der Waals surface area contributed by atoms with Crippen LogP contribution in [0.25, 0.3) is 0 Å². The number of unbranched alkanes of at least 4 members (excludes halogenated alkanes) is 9. The molecule has 0 aliphatic carbocycles. The van der Waals surface area contributed by atoms with Gasteiger partial charge in [0.05, 0.1) is 0 Å². The SMILES string of the molecule is CCCCCCCCCCCC[N+]1(OC=O)CC1. The molecule has 1 aliphatic rings. The molecular weight excluding hydrogens is 226 g/mol. The molecule has 0 spiro atoms. The molecule has 0 radical (unpaired) electrons. The molecule has 106 valence electrons. The smallest absolute Gasteiger partial charge is 0.280 e. The van der Waals surface area contributed by atoms with Crippen molar-refractivity contribution in [2.75, 3.05) is 19.6 Å². The summed E-state index contributed by atoms with van der Waals surface area (Å²) in [5, 5.41) is 0. The van der Waals surface area contributed by atoms with Crippen LogP contribution in [0.3, 0.4) is 0 Å². The van der Waals surface area contributed by atoms with Gasteiger partial charge in [0.2, 0.25) is 0 Å². The molecule has 3 heteroatoms. The molecule has 3 nitrogen and oxygen atoms in total. The summed E-state index contributed by atoms with van der Waals surface area (Å²) in [6.45, 7) is 5.93. The summed E-state index contributed by atoms with van der Waals surface area (Å²) in [6.07, 6.45) is 13.6. The van der Waals surface area contributed by atoms with Gasteiger partial charge >= 0.3 is 6.47 Å². The Bertz CT molecular complexity index is 215. The van der Waals surface area contributed by atoms with Crippen LogP contribution in [-0.2, 0) is 9.63 Å². The van der Waals surface area contributed by atoms with Crippen LogP contribution in [0.4, 0.5) is 0 Å². The largest absolute Gasteiger partial charge is 0.355 e. The van der Waals surface area contributed by atoms with Crippen LogP contribution in [0.1, 0.15) is 71.1 Å². The summed E-state index contributed by atoms with van der Waals surface area (Å²) in [7, 11) is 0. The first-order chi connectivity index (χ1) is 8.83. The average Bonchev–Trinajstić information content (AvgIpc) is 3.12. The Morgan fingerprint density at radius 1 is 0.889 bits per heavy atom. The molecule has 0 N–H and O–H groups in total. The fourth-order valence-electron chi connectivity index (χ4n) is 2.47. The van der Waals surface area contributed by atoms with Crippen LogP contribution in [0, 0.1) is 0 Å². The van der Waals surface area contributed by atoms with Gasteiger partial charge in [0.1, 0.15) is 6.54 Å². The van der Waals surface area contributed by atoms with E-state index in [4.69, 9.17) is 4.84 Å². The molecule has 18 heavy (non-hydrogen) atoms. The Balaban J connectivity index is 1.77. The van der Waals surface area contributed by atoms with E-state index in [2.05, 4.69) is 6.92 Å². The van der Waals surface area contributed by atoms with Gasteiger partial charge in [-0.05, 0) is 6.42 Å². The first-order valence-electron chi connectivity index (χ1n) is 7.81. The van der Waals surface area contributed by atoms with Gasteiger partial charge in [-0.3, -0.25) is 4.84 Å². The van der Waals surface area contributed by atoms with Crippen LogP contribution in [0.5, 0.6) is 0 Å². The van der Waals surface area contributed by atoms with Crippen LogP contribution in [0.15, 0.2) is 0 Å². The minimum atomic E-state index is 0.598. The van der Waals surface area contributed by atoms with Crippen LogP contribution >= 0.6 is 0 Å². The third-order valence-corrected chi connectivity index (χ3v) is 3.91. The number of nitrogens with zero attached hydrogens (tertiary/aromatic N) is 1. The van der Waals surface area contributed by atoms with Crippen molar-refractivity contribution in [3.05, 3.63) is 0 Å². The van der Waals surface area contributed by atoms with Crippen LogP contribution in [-0.4, -0.2) is 30.8 Å². The summed E-state index contributed by atoms with van der Waals surface area (Å²) in [5.74, 6) is 0. The number of carbonyl (C=O) groups is 1. The van der Waals surface area contributed by atoms with E-state index in [1.807, 2.05) is 0 Å². The van der Waals surface area contributed by atoms with E-state index in [1.165, 1.54) is 64.2 Å². The van der Waals surface area contributed by atoms with Gasteiger partial charge in [-0.1, -0.05) is 58.3 Å². The zero-order valence-corrected chi connectivity index (χ0v) is 12.0. The van der Waals surface area contributed by atoms with Crippen LogP contribution in [0.2, 0.25) is 0 Å². The summed E-state index contributed by atoms with van der Waals surface area (Å²) < 4.78 is 0.598. The number of hydrogen-bond acceptors (Lipinski definition) is 2. The van der Waals surface area contributed by atoms with Gasteiger partial charge in [0.25, 0.3) is 0 Å². The molecule has 0 bridgehead atoms. The average molecular weight is 256 g/mol. The van der Waals surface area contributed by atoms with Crippen molar-refractivity contribution in [2.24, 2.45) is 0 Å². The van der Waals surface area contributed by atoms with E-state index in [0.29, 0.717) is 11.1 Å². The molecule has 0 aromatic heterocycles. The predicted octanol–water partition coefficient (Wildman–Crippen LogP) is 3.83. The molecule has 0 amide bonds. The fraction of sp³-hybridized carbons (Fsp3) is 0.933. The normalized spacial score (nSPS) is 16.5. The van der Waals surface area contributed by atoms with Crippen molar-refractivity contribution in [1.29, 1.82) is 0 Å². The Morgan fingerprint density at radius 3 is 1.83 bits per heavy atom. The lowest BCUT2D eigenvalue weighted by molar-refractivity contribution is -0.983. The van der Waals surface area contributed by atoms with Crippen molar-refractivity contribution in [3.63, 3.8) is 0 Å². The Kier molecular flexibility index (Phi) is 8.06. The van der Waals surface area contributed by atoms with E-state index >= 15 is 0 Å². The molecule has 0 unspecified atom stereocenters. The second-order valence-electron chi connectivity index (χ2n) is 5.61. The zero-order valence-electron chi connectivity index (χ0n) is 12.0. The van der Waals surface area contributed by atoms with Gasteiger partial charge in [-0.2, -0.15) is 0 Å². The monoisotopic (exact) mass is 256 g/mol. The second kappa shape index (κ2) is 9.37. The molecule has 1 rings (SSSR count). The van der Waals surface area contributed by atoms with Crippen molar-refractivity contribution in [3.8, 4) is 0 Å². The Hall–Kier alpha value is -0.570. The van der Waals surface area contributed by atoms with E-state index in [9.17, 15) is 4.79 Å². The first-order valence-corrected chi connectivity index (χ1v) is 7.81. The molecule has 1 saturated heterocycles. The lowest BCUT2D eigenvalue weighted by Crippen LogP contribution is -2.26. The highest BCUT2D eigenvalue weighted by molar-refractivity contribution is 5.35. The quantitative estimate of drug-likeness (QED) is 0.217. The highest BCUT2D eigenvalue weighted by atomic mass is 16.8. The molecule has 0 atom stereocenters. The summed E-state index contributed by atoms with van der Waals surface area (Å²) in [4.78, 5) is 15.4. The first kappa shape index (κ1) is 15.5. The summed E-state index contributed by atoms with van der Waals surface area (Å²) in [6, 6.07) is 0. The lowest BCUT2D eigenvalue weighted by Gasteiger charge is -2.12. The number of quaternary nitrogens is 1. The topological polar surface area (TPSA) is 26.3 Å². The Morgan fingerprint density at radius 2 is 1.39 bits per heavy atom. The summed E-state index contributed by atoms with van der Waals surface area (Å²) in [5.41, 5.74) is 0. The van der Waals surface area contributed by atoms with E-state index < -0.39 is 0 Å². The van der Waals surface area contributed by atoms with E-state index in [0.717, 1.165) is 19.6 Å². The maximum atomic E-state index is 10.3. The fourth-order valence-corrected chi connectivity index (χ4v) is 2.47. The zero-order chi connectivity index (χ0) is 13.1. The van der Waals surface area contributed by atoms with E-state index in [-0.39, 0.29) is 0 Å². The van der Waals surface area contributed by atoms with Crippen molar-refractivity contribution >= 4 is 6.47 Å². The van der Waals surface area contributed by atoms with Crippen molar-refractivity contribution in [2.45, 2.75) is 71.1 Å². The summed E-state index contributed by atoms with van der Waals surface area (Å²) >= 11 is 0. The Labute approximate surface area is 112 Å². The standard InChI is InChI=1S/C15H30NO2/c1-2-3-4-5-6-7-8-9-10-11-12-16(13-14-16)18-15-17/h15H,2-14H2,1H3/q+1. The molecule has 1 fully saturated rings. The third-order valence-electron chi connectivity index (χ3n) is 3.91. The highest BCUT2D eigenvalue weighted by Crippen LogP contribution is 2.22. The predicted molar refractivity (Wildman–Crippen MR) is 73.9 cm³/mol. The molecule has 0 aromatic carbocycles.